The highest BCUT2D eigenvalue weighted by Gasteiger charge is 2.15. The lowest BCUT2D eigenvalue weighted by Gasteiger charge is -2.13. The van der Waals surface area contributed by atoms with E-state index in [1.54, 1.807) is 11.8 Å². The molecule has 0 saturated heterocycles. The van der Waals surface area contributed by atoms with Crippen molar-refractivity contribution in [1.29, 1.82) is 5.26 Å². The van der Waals surface area contributed by atoms with Gasteiger partial charge in [-0.05, 0) is 38.2 Å². The Kier molecular flexibility index (Phi) is 4.57. The van der Waals surface area contributed by atoms with Crippen LogP contribution >= 0.6 is 11.8 Å². The highest BCUT2D eigenvalue weighted by Crippen LogP contribution is 2.25. The van der Waals surface area contributed by atoms with Gasteiger partial charge in [0.25, 0.3) is 0 Å². The summed E-state index contributed by atoms with van der Waals surface area (Å²) in [6.45, 7) is 3.89. The Morgan fingerprint density at radius 2 is 2.00 bits per heavy atom. The van der Waals surface area contributed by atoms with Crippen molar-refractivity contribution in [3.63, 3.8) is 0 Å². The van der Waals surface area contributed by atoms with Crippen LogP contribution in [-0.4, -0.2) is 12.0 Å². The van der Waals surface area contributed by atoms with Crippen molar-refractivity contribution >= 4 is 18.0 Å². The standard InChI is InChI=1S/C13H15NOS/c1-13(2,10-14)7-8-16-12-5-3-11(9-15)4-6-12/h3-6,9H,7-8H2,1-2H3. The van der Waals surface area contributed by atoms with E-state index in [1.165, 1.54) is 0 Å². The van der Waals surface area contributed by atoms with E-state index in [1.807, 2.05) is 38.1 Å². The van der Waals surface area contributed by atoms with Crippen LogP contribution < -0.4 is 0 Å². The second-order valence-corrected chi connectivity index (χ2v) is 5.45. The Labute approximate surface area is 101 Å². The summed E-state index contributed by atoms with van der Waals surface area (Å²) in [5, 5.41) is 8.86. The summed E-state index contributed by atoms with van der Waals surface area (Å²) in [6.07, 6.45) is 1.71. The van der Waals surface area contributed by atoms with Gasteiger partial charge in [0, 0.05) is 10.5 Å². The molecule has 1 aromatic rings. The van der Waals surface area contributed by atoms with Crippen LogP contribution in [0, 0.1) is 16.7 Å². The van der Waals surface area contributed by atoms with E-state index in [0.717, 1.165) is 23.4 Å². The van der Waals surface area contributed by atoms with Gasteiger partial charge in [-0.3, -0.25) is 4.79 Å². The molecule has 0 heterocycles. The number of hydrogen-bond donors (Lipinski definition) is 0. The average molecular weight is 233 g/mol. The average Bonchev–Trinajstić information content (AvgIpc) is 2.30. The molecule has 0 saturated carbocycles. The smallest absolute Gasteiger partial charge is 0.150 e. The molecule has 0 radical (unpaired) electrons. The fourth-order valence-electron chi connectivity index (χ4n) is 1.12. The Balaban J connectivity index is 2.44. The summed E-state index contributed by atoms with van der Waals surface area (Å²) in [5.74, 6) is 0.918. The molecular formula is C13H15NOS. The van der Waals surface area contributed by atoms with Crippen molar-refractivity contribution in [2.75, 3.05) is 5.75 Å². The lowest BCUT2D eigenvalue weighted by molar-refractivity contribution is 0.112. The van der Waals surface area contributed by atoms with Crippen LogP contribution in [0.3, 0.4) is 0 Å². The highest BCUT2D eigenvalue weighted by molar-refractivity contribution is 7.99. The van der Waals surface area contributed by atoms with Gasteiger partial charge in [0.05, 0.1) is 11.5 Å². The van der Waals surface area contributed by atoms with E-state index in [2.05, 4.69) is 6.07 Å². The lowest BCUT2D eigenvalue weighted by Crippen LogP contribution is -2.08. The molecule has 0 aliphatic rings. The minimum Gasteiger partial charge on any atom is -0.298 e. The molecule has 0 aliphatic heterocycles. The predicted octanol–water partition coefficient (Wildman–Crippen LogP) is 3.53. The Morgan fingerprint density at radius 3 is 2.50 bits per heavy atom. The van der Waals surface area contributed by atoms with E-state index >= 15 is 0 Å². The largest absolute Gasteiger partial charge is 0.298 e. The van der Waals surface area contributed by atoms with Crippen molar-refractivity contribution in [3.8, 4) is 6.07 Å². The Morgan fingerprint density at radius 1 is 1.38 bits per heavy atom. The second kappa shape index (κ2) is 5.72. The molecule has 0 N–H and O–H groups in total. The van der Waals surface area contributed by atoms with Crippen LogP contribution in [0.1, 0.15) is 30.6 Å². The van der Waals surface area contributed by atoms with Gasteiger partial charge in [-0.1, -0.05) is 12.1 Å². The fourth-order valence-corrected chi connectivity index (χ4v) is 2.30. The minimum atomic E-state index is -0.254. The van der Waals surface area contributed by atoms with Gasteiger partial charge in [-0.25, -0.2) is 0 Å². The van der Waals surface area contributed by atoms with Gasteiger partial charge >= 0.3 is 0 Å². The number of thioether (sulfide) groups is 1. The Hall–Kier alpha value is -1.27. The zero-order valence-electron chi connectivity index (χ0n) is 9.56. The first-order valence-electron chi connectivity index (χ1n) is 5.17. The normalized spacial score (nSPS) is 10.8. The van der Waals surface area contributed by atoms with E-state index in [-0.39, 0.29) is 5.41 Å². The summed E-state index contributed by atoms with van der Waals surface area (Å²) in [7, 11) is 0. The van der Waals surface area contributed by atoms with E-state index in [0.29, 0.717) is 5.56 Å². The van der Waals surface area contributed by atoms with Crippen molar-refractivity contribution in [3.05, 3.63) is 29.8 Å². The van der Waals surface area contributed by atoms with Crippen LogP contribution in [-0.2, 0) is 0 Å². The lowest BCUT2D eigenvalue weighted by atomic mass is 9.93. The Bertz CT molecular complexity index is 389. The predicted molar refractivity (Wildman–Crippen MR) is 66.6 cm³/mol. The van der Waals surface area contributed by atoms with Gasteiger partial charge < -0.3 is 0 Å². The summed E-state index contributed by atoms with van der Waals surface area (Å²) in [6, 6.07) is 9.78. The molecule has 2 nitrogen and oxygen atoms in total. The van der Waals surface area contributed by atoms with Crippen molar-refractivity contribution in [1.82, 2.24) is 0 Å². The molecule has 1 aromatic carbocycles. The summed E-state index contributed by atoms with van der Waals surface area (Å²) in [4.78, 5) is 11.6. The number of benzene rings is 1. The number of aldehydes is 1. The first-order valence-corrected chi connectivity index (χ1v) is 6.15. The van der Waals surface area contributed by atoms with Gasteiger partial charge in [0.1, 0.15) is 6.29 Å². The first-order chi connectivity index (χ1) is 7.57. The molecule has 0 amide bonds. The van der Waals surface area contributed by atoms with Crippen molar-refractivity contribution in [2.45, 2.75) is 25.2 Å². The number of carbonyl (C=O) groups is 1. The van der Waals surface area contributed by atoms with E-state index in [4.69, 9.17) is 5.26 Å². The van der Waals surface area contributed by atoms with Gasteiger partial charge in [0.15, 0.2) is 0 Å². The number of hydrogen-bond acceptors (Lipinski definition) is 3. The SMILES string of the molecule is CC(C)(C#N)CCSc1ccc(C=O)cc1. The van der Waals surface area contributed by atoms with Gasteiger partial charge in [0.2, 0.25) is 0 Å². The number of nitriles is 1. The van der Waals surface area contributed by atoms with Crippen molar-refractivity contribution in [2.24, 2.45) is 5.41 Å². The third-order valence-corrected chi connectivity index (χ3v) is 3.33. The number of rotatable bonds is 5. The molecule has 16 heavy (non-hydrogen) atoms. The zero-order valence-corrected chi connectivity index (χ0v) is 10.4. The summed E-state index contributed by atoms with van der Waals surface area (Å²) >= 11 is 1.71. The van der Waals surface area contributed by atoms with Crippen LogP contribution in [0.5, 0.6) is 0 Å². The van der Waals surface area contributed by atoms with Crippen LogP contribution in [0.4, 0.5) is 0 Å². The molecule has 0 aromatic heterocycles. The van der Waals surface area contributed by atoms with E-state index in [9.17, 15) is 4.79 Å². The van der Waals surface area contributed by atoms with Gasteiger partial charge in [-0.2, -0.15) is 5.26 Å². The molecule has 1 rings (SSSR count). The van der Waals surface area contributed by atoms with E-state index < -0.39 is 0 Å². The maximum atomic E-state index is 10.5. The zero-order chi connectivity index (χ0) is 12.0. The summed E-state index contributed by atoms with van der Waals surface area (Å²) in [5.41, 5.74) is 0.442. The summed E-state index contributed by atoms with van der Waals surface area (Å²) < 4.78 is 0. The molecular weight excluding hydrogens is 218 g/mol. The molecule has 0 fully saturated rings. The van der Waals surface area contributed by atoms with Crippen LogP contribution in [0.25, 0.3) is 0 Å². The molecule has 0 bridgehead atoms. The maximum absolute atomic E-state index is 10.5. The third kappa shape index (κ3) is 4.08. The third-order valence-electron chi connectivity index (χ3n) is 2.31. The minimum absolute atomic E-state index is 0.254. The fraction of sp³-hybridized carbons (Fsp3) is 0.385. The first kappa shape index (κ1) is 12.8. The van der Waals surface area contributed by atoms with Gasteiger partial charge in [-0.15, -0.1) is 11.8 Å². The van der Waals surface area contributed by atoms with Crippen LogP contribution in [0.2, 0.25) is 0 Å². The number of nitrogens with zero attached hydrogens (tertiary/aromatic N) is 1. The molecule has 84 valence electrons. The quantitative estimate of drug-likeness (QED) is 0.577. The molecule has 0 unspecified atom stereocenters. The number of carbonyl (C=O) groups excluding carboxylic acids is 1. The molecule has 0 atom stereocenters. The topological polar surface area (TPSA) is 40.9 Å². The molecule has 3 heteroatoms. The molecule has 0 aliphatic carbocycles. The second-order valence-electron chi connectivity index (χ2n) is 4.28. The monoisotopic (exact) mass is 233 g/mol. The maximum Gasteiger partial charge on any atom is 0.150 e. The van der Waals surface area contributed by atoms with Crippen molar-refractivity contribution < 1.29 is 4.79 Å². The van der Waals surface area contributed by atoms with Crippen LogP contribution in [0.15, 0.2) is 29.2 Å². The molecule has 0 spiro atoms. The highest BCUT2D eigenvalue weighted by atomic mass is 32.2.